The SMILES string of the molecule is CCCCCC(O)c1ccc(N2C(=O)COC2CCCc2ccc(C(=O)OC)s2)cc1. The molecule has 31 heavy (non-hydrogen) atoms. The number of thiophene rings is 1. The molecule has 168 valence electrons. The molecular weight excluding hydrogens is 414 g/mol. The van der Waals surface area contributed by atoms with Crippen molar-refractivity contribution in [3.63, 3.8) is 0 Å². The summed E-state index contributed by atoms with van der Waals surface area (Å²) < 4.78 is 10.5. The summed E-state index contributed by atoms with van der Waals surface area (Å²) in [4.78, 5) is 27.4. The lowest BCUT2D eigenvalue weighted by Gasteiger charge is -2.23. The van der Waals surface area contributed by atoms with E-state index in [0.717, 1.165) is 54.7 Å². The van der Waals surface area contributed by atoms with E-state index in [9.17, 15) is 14.7 Å². The third-order valence-corrected chi connectivity index (χ3v) is 6.64. The van der Waals surface area contributed by atoms with Gasteiger partial charge in [-0.05, 0) is 55.5 Å². The lowest BCUT2D eigenvalue weighted by atomic mass is 10.0. The minimum atomic E-state index is -0.470. The molecule has 0 aliphatic carbocycles. The van der Waals surface area contributed by atoms with E-state index >= 15 is 0 Å². The van der Waals surface area contributed by atoms with E-state index in [2.05, 4.69) is 6.92 Å². The number of rotatable bonds is 11. The fraction of sp³-hybridized carbons (Fsp3) is 0.500. The maximum Gasteiger partial charge on any atom is 0.348 e. The Kier molecular flexibility index (Phi) is 8.63. The highest BCUT2D eigenvalue weighted by Crippen LogP contribution is 2.29. The predicted octanol–water partition coefficient (Wildman–Crippen LogP) is 4.86. The van der Waals surface area contributed by atoms with Crippen LogP contribution in [0.2, 0.25) is 0 Å². The van der Waals surface area contributed by atoms with Gasteiger partial charge in [-0.25, -0.2) is 4.79 Å². The number of unbranched alkanes of at least 4 members (excludes halogenated alkanes) is 2. The third-order valence-electron chi connectivity index (χ3n) is 5.52. The van der Waals surface area contributed by atoms with Crippen molar-refractivity contribution in [2.45, 2.75) is 64.2 Å². The molecule has 2 heterocycles. The van der Waals surface area contributed by atoms with Gasteiger partial charge < -0.3 is 14.6 Å². The van der Waals surface area contributed by atoms with Gasteiger partial charge in [-0.1, -0.05) is 38.3 Å². The summed E-state index contributed by atoms with van der Waals surface area (Å²) in [6.45, 7) is 2.23. The molecule has 1 amide bonds. The van der Waals surface area contributed by atoms with Crippen LogP contribution >= 0.6 is 11.3 Å². The third kappa shape index (κ3) is 6.15. The number of hydrogen-bond acceptors (Lipinski definition) is 6. The molecule has 1 aromatic heterocycles. The lowest BCUT2D eigenvalue weighted by molar-refractivity contribution is -0.117. The van der Waals surface area contributed by atoms with Crippen molar-refractivity contribution in [3.8, 4) is 0 Å². The second kappa shape index (κ2) is 11.4. The summed E-state index contributed by atoms with van der Waals surface area (Å²) in [5, 5.41) is 10.4. The van der Waals surface area contributed by atoms with E-state index in [0.29, 0.717) is 11.3 Å². The topological polar surface area (TPSA) is 76.1 Å². The molecule has 0 radical (unpaired) electrons. The highest BCUT2D eigenvalue weighted by atomic mass is 32.1. The van der Waals surface area contributed by atoms with E-state index in [1.54, 1.807) is 11.0 Å². The van der Waals surface area contributed by atoms with Crippen molar-refractivity contribution in [2.75, 3.05) is 18.6 Å². The van der Waals surface area contributed by atoms with E-state index in [1.165, 1.54) is 18.4 Å². The minimum absolute atomic E-state index is 0.0506. The van der Waals surface area contributed by atoms with Crippen molar-refractivity contribution in [1.82, 2.24) is 0 Å². The molecule has 3 rings (SSSR count). The van der Waals surface area contributed by atoms with E-state index in [1.807, 2.05) is 30.3 Å². The standard InChI is InChI=1S/C24H31NO5S/c1-3-4-5-8-20(26)17-10-12-18(13-11-17)25-22(27)16-30-23(25)9-6-7-19-14-15-21(31-19)24(28)29-2/h10-15,20,23,26H,3-9,16H2,1-2H3. The Hall–Kier alpha value is -2.22. The number of aliphatic hydroxyl groups excluding tert-OH is 1. The normalized spacial score (nSPS) is 17.2. The molecule has 0 bridgehead atoms. The number of nitrogens with zero attached hydrogens (tertiary/aromatic N) is 1. The number of esters is 1. The van der Waals surface area contributed by atoms with Crippen LogP contribution in [0.15, 0.2) is 36.4 Å². The van der Waals surface area contributed by atoms with Gasteiger partial charge in [-0.3, -0.25) is 9.69 Å². The zero-order valence-corrected chi connectivity index (χ0v) is 19.0. The maximum absolute atomic E-state index is 12.4. The summed E-state index contributed by atoms with van der Waals surface area (Å²) in [6.07, 6.45) is 5.59. The maximum atomic E-state index is 12.4. The Morgan fingerprint density at radius 1 is 1.23 bits per heavy atom. The zero-order valence-electron chi connectivity index (χ0n) is 18.2. The van der Waals surface area contributed by atoms with Crippen molar-refractivity contribution < 1.29 is 24.2 Å². The summed E-state index contributed by atoms with van der Waals surface area (Å²) in [7, 11) is 1.38. The van der Waals surface area contributed by atoms with Crippen LogP contribution in [0.3, 0.4) is 0 Å². The van der Waals surface area contributed by atoms with Gasteiger partial charge in [0, 0.05) is 10.6 Å². The molecule has 0 saturated carbocycles. The van der Waals surface area contributed by atoms with Crippen LogP contribution in [-0.4, -0.2) is 36.9 Å². The molecule has 2 unspecified atom stereocenters. The van der Waals surface area contributed by atoms with Crippen LogP contribution in [0.25, 0.3) is 0 Å². The molecule has 1 saturated heterocycles. The van der Waals surface area contributed by atoms with Crippen LogP contribution in [0, 0.1) is 0 Å². The van der Waals surface area contributed by atoms with Crippen molar-refractivity contribution >= 4 is 28.9 Å². The molecule has 1 N–H and O–H groups in total. The van der Waals surface area contributed by atoms with Crippen LogP contribution in [0.5, 0.6) is 0 Å². The molecule has 6 nitrogen and oxygen atoms in total. The van der Waals surface area contributed by atoms with Gasteiger partial charge in [0.05, 0.1) is 13.2 Å². The second-order valence-corrected chi connectivity index (χ2v) is 8.95. The number of hydrogen-bond donors (Lipinski definition) is 1. The van der Waals surface area contributed by atoms with Crippen molar-refractivity contribution in [1.29, 1.82) is 0 Å². The number of carbonyl (C=O) groups is 2. The van der Waals surface area contributed by atoms with Crippen molar-refractivity contribution in [3.05, 3.63) is 51.7 Å². The van der Waals surface area contributed by atoms with Gasteiger partial charge in [0.15, 0.2) is 0 Å². The number of benzene rings is 1. The van der Waals surface area contributed by atoms with Crippen LogP contribution in [0.4, 0.5) is 5.69 Å². The molecule has 7 heteroatoms. The molecule has 2 aromatic rings. The monoisotopic (exact) mass is 445 g/mol. The molecule has 1 aliphatic heterocycles. The van der Waals surface area contributed by atoms with Gasteiger partial charge in [-0.2, -0.15) is 0 Å². The first-order chi connectivity index (χ1) is 15.0. The highest BCUT2D eigenvalue weighted by Gasteiger charge is 2.32. The first-order valence-electron chi connectivity index (χ1n) is 10.9. The van der Waals surface area contributed by atoms with Crippen LogP contribution < -0.4 is 4.90 Å². The fourth-order valence-corrected chi connectivity index (χ4v) is 4.75. The molecule has 1 aliphatic rings. The predicted molar refractivity (Wildman–Crippen MR) is 121 cm³/mol. The average Bonchev–Trinajstić information content (AvgIpc) is 3.40. The quantitative estimate of drug-likeness (QED) is 0.395. The molecule has 2 atom stereocenters. The number of carbonyl (C=O) groups excluding carboxylic acids is 2. The van der Waals surface area contributed by atoms with Crippen LogP contribution in [0.1, 0.15) is 71.7 Å². The number of aryl methyl sites for hydroxylation is 1. The highest BCUT2D eigenvalue weighted by molar-refractivity contribution is 7.13. The van der Waals surface area contributed by atoms with Gasteiger partial charge in [0.25, 0.3) is 5.91 Å². The first-order valence-corrected chi connectivity index (χ1v) is 11.7. The van der Waals surface area contributed by atoms with E-state index in [-0.39, 0.29) is 24.7 Å². The molecule has 1 aromatic carbocycles. The van der Waals surface area contributed by atoms with Gasteiger partial charge in [-0.15, -0.1) is 11.3 Å². The number of aliphatic hydroxyl groups is 1. The van der Waals surface area contributed by atoms with Gasteiger partial charge in [0.1, 0.15) is 17.7 Å². The zero-order chi connectivity index (χ0) is 22.2. The number of methoxy groups -OCH3 is 1. The van der Waals surface area contributed by atoms with Crippen LogP contribution in [-0.2, 0) is 20.7 Å². The lowest BCUT2D eigenvalue weighted by Crippen LogP contribution is -2.33. The Bertz CT molecular complexity index is 863. The Balaban J connectivity index is 1.55. The average molecular weight is 446 g/mol. The minimum Gasteiger partial charge on any atom is -0.465 e. The summed E-state index contributed by atoms with van der Waals surface area (Å²) in [5.74, 6) is -0.364. The summed E-state index contributed by atoms with van der Waals surface area (Å²) >= 11 is 1.44. The molecular formula is C24H31NO5S. The Labute approximate surface area is 187 Å². The number of ether oxygens (including phenoxy) is 2. The first kappa shape index (κ1) is 23.4. The number of amides is 1. The Morgan fingerprint density at radius 3 is 2.71 bits per heavy atom. The van der Waals surface area contributed by atoms with E-state index < -0.39 is 6.10 Å². The largest absolute Gasteiger partial charge is 0.465 e. The Morgan fingerprint density at radius 2 is 2.00 bits per heavy atom. The molecule has 1 fully saturated rings. The summed E-state index contributed by atoms with van der Waals surface area (Å²) in [6, 6.07) is 11.3. The number of anilines is 1. The molecule has 0 spiro atoms. The second-order valence-electron chi connectivity index (χ2n) is 7.78. The summed E-state index contributed by atoms with van der Waals surface area (Å²) in [5.41, 5.74) is 1.67. The van der Waals surface area contributed by atoms with Gasteiger partial charge in [0.2, 0.25) is 0 Å². The fourth-order valence-electron chi connectivity index (χ4n) is 3.78. The smallest absolute Gasteiger partial charge is 0.348 e. The van der Waals surface area contributed by atoms with Gasteiger partial charge >= 0.3 is 5.97 Å². The van der Waals surface area contributed by atoms with Crippen molar-refractivity contribution in [2.24, 2.45) is 0 Å². The van der Waals surface area contributed by atoms with E-state index in [4.69, 9.17) is 9.47 Å².